The van der Waals surface area contributed by atoms with E-state index in [1.807, 2.05) is 19.1 Å². The minimum absolute atomic E-state index is 0.197. The van der Waals surface area contributed by atoms with Gasteiger partial charge in [-0.1, -0.05) is 6.07 Å². The summed E-state index contributed by atoms with van der Waals surface area (Å²) in [6.45, 7) is 4.08. The van der Waals surface area contributed by atoms with Crippen molar-refractivity contribution < 1.29 is 19.7 Å². The van der Waals surface area contributed by atoms with Crippen molar-refractivity contribution in [3.8, 4) is 5.75 Å². The highest BCUT2D eigenvalue weighted by Crippen LogP contribution is 2.22. The van der Waals surface area contributed by atoms with Crippen molar-refractivity contribution in [2.24, 2.45) is 0 Å². The third-order valence-electron chi connectivity index (χ3n) is 2.47. The Bertz CT molecular complexity index is 349. The lowest BCUT2D eigenvalue weighted by Crippen LogP contribution is -2.22. The number of ether oxygens (including phenoxy) is 2. The van der Waals surface area contributed by atoms with E-state index in [9.17, 15) is 10.2 Å². The van der Waals surface area contributed by atoms with E-state index in [4.69, 9.17) is 9.47 Å². The topological polar surface area (TPSA) is 58.9 Å². The lowest BCUT2D eigenvalue weighted by Gasteiger charge is -2.14. The Kier molecular flexibility index (Phi) is 5.41. The van der Waals surface area contributed by atoms with Crippen LogP contribution in [0.25, 0.3) is 0 Å². The van der Waals surface area contributed by atoms with Crippen LogP contribution in [-0.2, 0) is 4.74 Å². The van der Waals surface area contributed by atoms with E-state index in [2.05, 4.69) is 0 Å². The van der Waals surface area contributed by atoms with E-state index < -0.39 is 12.2 Å². The van der Waals surface area contributed by atoms with Gasteiger partial charge in [0.15, 0.2) is 0 Å². The van der Waals surface area contributed by atoms with Crippen LogP contribution >= 0.6 is 0 Å². The quantitative estimate of drug-likeness (QED) is 0.790. The van der Waals surface area contributed by atoms with Crippen LogP contribution in [0, 0.1) is 6.92 Å². The summed E-state index contributed by atoms with van der Waals surface area (Å²) in [6, 6.07) is 5.50. The maximum absolute atomic E-state index is 9.45. The van der Waals surface area contributed by atoms with Crippen LogP contribution in [-0.4, -0.2) is 36.6 Å². The zero-order valence-corrected chi connectivity index (χ0v) is 10.5. The number of aliphatic hydroxyl groups is 2. The average molecular weight is 240 g/mol. The van der Waals surface area contributed by atoms with Crippen LogP contribution in [0.15, 0.2) is 18.2 Å². The van der Waals surface area contributed by atoms with E-state index in [-0.39, 0.29) is 13.2 Å². The number of aryl methyl sites for hydroxylation is 1. The van der Waals surface area contributed by atoms with E-state index in [1.165, 1.54) is 7.11 Å². The van der Waals surface area contributed by atoms with Crippen molar-refractivity contribution in [1.29, 1.82) is 0 Å². The smallest absolute Gasteiger partial charge is 0.122 e. The van der Waals surface area contributed by atoms with Gasteiger partial charge in [-0.2, -0.15) is 0 Å². The highest BCUT2D eigenvalue weighted by molar-refractivity contribution is 5.36. The summed E-state index contributed by atoms with van der Waals surface area (Å²) in [6.07, 6.45) is -1.11. The fourth-order valence-corrected chi connectivity index (χ4v) is 1.52. The molecule has 0 saturated carbocycles. The summed E-state index contributed by atoms with van der Waals surface area (Å²) in [5.74, 6) is 0.713. The number of hydrogen-bond acceptors (Lipinski definition) is 4. The maximum atomic E-state index is 9.45. The number of rotatable bonds is 6. The van der Waals surface area contributed by atoms with Crippen molar-refractivity contribution in [1.82, 2.24) is 0 Å². The van der Waals surface area contributed by atoms with E-state index in [0.717, 1.165) is 11.1 Å². The monoisotopic (exact) mass is 240 g/mol. The molecule has 2 atom stereocenters. The molecule has 1 rings (SSSR count). The van der Waals surface area contributed by atoms with Gasteiger partial charge < -0.3 is 19.7 Å². The Balaban J connectivity index is 2.60. The Morgan fingerprint density at radius 3 is 2.47 bits per heavy atom. The molecule has 0 radical (unpaired) electrons. The lowest BCUT2D eigenvalue weighted by molar-refractivity contribution is 0.0324. The number of benzene rings is 1. The standard InChI is InChI=1S/C13H20O4/c1-9-6-11(10(2)14)4-5-13(9)17-8-12(15)7-16-3/h4-6,10,12,14-15H,7-8H2,1-3H3/t10-,12?/m0/s1. The fourth-order valence-electron chi connectivity index (χ4n) is 1.52. The molecule has 2 N–H and O–H groups in total. The normalized spacial score (nSPS) is 14.4. The van der Waals surface area contributed by atoms with Gasteiger partial charge in [0.25, 0.3) is 0 Å². The van der Waals surface area contributed by atoms with Gasteiger partial charge in [-0.25, -0.2) is 0 Å². The Labute approximate surface area is 102 Å². The van der Waals surface area contributed by atoms with E-state index >= 15 is 0 Å². The fraction of sp³-hybridized carbons (Fsp3) is 0.538. The number of methoxy groups -OCH3 is 1. The molecule has 1 unspecified atom stereocenters. The third-order valence-corrected chi connectivity index (χ3v) is 2.47. The van der Waals surface area contributed by atoms with Crippen LogP contribution in [0.4, 0.5) is 0 Å². The highest BCUT2D eigenvalue weighted by Gasteiger charge is 2.08. The molecule has 0 saturated heterocycles. The van der Waals surface area contributed by atoms with Crippen molar-refractivity contribution in [2.45, 2.75) is 26.1 Å². The molecule has 4 heteroatoms. The number of aliphatic hydroxyl groups excluding tert-OH is 2. The summed E-state index contributed by atoms with van der Waals surface area (Å²) >= 11 is 0. The molecule has 0 aliphatic carbocycles. The summed E-state index contributed by atoms with van der Waals surface area (Å²) in [5, 5.41) is 18.9. The lowest BCUT2D eigenvalue weighted by atomic mass is 10.1. The molecule has 0 spiro atoms. The van der Waals surface area contributed by atoms with Gasteiger partial charge in [-0.05, 0) is 37.1 Å². The molecule has 1 aromatic carbocycles. The molecule has 0 bridgehead atoms. The number of hydrogen-bond donors (Lipinski definition) is 2. The van der Waals surface area contributed by atoms with Gasteiger partial charge in [-0.15, -0.1) is 0 Å². The molecule has 0 fully saturated rings. The molecular weight excluding hydrogens is 220 g/mol. The summed E-state index contributed by atoms with van der Waals surface area (Å²) < 4.78 is 10.3. The van der Waals surface area contributed by atoms with Gasteiger partial charge in [0, 0.05) is 7.11 Å². The highest BCUT2D eigenvalue weighted by atomic mass is 16.5. The SMILES string of the molecule is COCC(O)COc1ccc([C@H](C)O)cc1C. The van der Waals surface area contributed by atoms with Crippen LogP contribution in [0.3, 0.4) is 0 Å². The average Bonchev–Trinajstić information content (AvgIpc) is 2.27. The Morgan fingerprint density at radius 2 is 1.94 bits per heavy atom. The third kappa shape index (κ3) is 4.34. The van der Waals surface area contributed by atoms with E-state index in [1.54, 1.807) is 13.0 Å². The second-order valence-electron chi connectivity index (χ2n) is 4.12. The molecule has 0 aliphatic rings. The second kappa shape index (κ2) is 6.59. The van der Waals surface area contributed by atoms with Crippen LogP contribution in [0.1, 0.15) is 24.2 Å². The summed E-state index contributed by atoms with van der Waals surface area (Å²) in [5.41, 5.74) is 1.79. The largest absolute Gasteiger partial charge is 0.491 e. The molecule has 1 aromatic rings. The molecular formula is C13H20O4. The minimum Gasteiger partial charge on any atom is -0.491 e. The molecule has 0 amide bonds. The van der Waals surface area contributed by atoms with Gasteiger partial charge in [-0.3, -0.25) is 0 Å². The van der Waals surface area contributed by atoms with Crippen LogP contribution in [0.2, 0.25) is 0 Å². The Hall–Kier alpha value is -1.10. The van der Waals surface area contributed by atoms with Gasteiger partial charge in [0.1, 0.15) is 18.5 Å². The zero-order valence-electron chi connectivity index (χ0n) is 10.5. The van der Waals surface area contributed by atoms with Crippen LogP contribution in [0.5, 0.6) is 5.75 Å². The first-order valence-electron chi connectivity index (χ1n) is 5.63. The maximum Gasteiger partial charge on any atom is 0.122 e. The van der Waals surface area contributed by atoms with Gasteiger partial charge in [0.2, 0.25) is 0 Å². The van der Waals surface area contributed by atoms with Gasteiger partial charge >= 0.3 is 0 Å². The molecule has 4 nitrogen and oxygen atoms in total. The van der Waals surface area contributed by atoms with Crippen LogP contribution < -0.4 is 4.74 Å². The molecule has 0 aromatic heterocycles. The summed E-state index contributed by atoms with van der Waals surface area (Å²) in [4.78, 5) is 0. The predicted molar refractivity (Wildman–Crippen MR) is 65.2 cm³/mol. The first-order valence-corrected chi connectivity index (χ1v) is 5.63. The zero-order chi connectivity index (χ0) is 12.8. The summed E-state index contributed by atoms with van der Waals surface area (Å²) in [7, 11) is 1.53. The predicted octanol–water partition coefficient (Wildman–Crippen LogP) is 1.43. The second-order valence-corrected chi connectivity index (χ2v) is 4.12. The molecule has 96 valence electrons. The van der Waals surface area contributed by atoms with E-state index in [0.29, 0.717) is 5.75 Å². The van der Waals surface area contributed by atoms with Gasteiger partial charge in [0.05, 0.1) is 12.7 Å². The molecule has 17 heavy (non-hydrogen) atoms. The Morgan fingerprint density at radius 1 is 1.24 bits per heavy atom. The first-order chi connectivity index (χ1) is 8.04. The molecule has 0 heterocycles. The van der Waals surface area contributed by atoms with Crippen molar-refractivity contribution in [2.75, 3.05) is 20.3 Å². The first kappa shape index (κ1) is 14.0. The van der Waals surface area contributed by atoms with Crippen molar-refractivity contribution >= 4 is 0 Å². The minimum atomic E-state index is -0.629. The van der Waals surface area contributed by atoms with Crippen molar-refractivity contribution in [3.05, 3.63) is 29.3 Å². The molecule has 0 aliphatic heterocycles. The van der Waals surface area contributed by atoms with Crippen molar-refractivity contribution in [3.63, 3.8) is 0 Å².